The predicted octanol–water partition coefficient (Wildman–Crippen LogP) is 1.83. The van der Waals surface area contributed by atoms with Crippen LogP contribution < -0.4 is 5.32 Å². The lowest BCUT2D eigenvalue weighted by atomic mass is 10.1. The predicted molar refractivity (Wildman–Crippen MR) is 64.3 cm³/mol. The number of carbonyl (C=O) groups is 2. The van der Waals surface area contributed by atoms with Crippen LogP contribution in [0.4, 0.5) is 4.79 Å². The molecular weight excluding hydrogens is 216 g/mol. The first-order valence-electron chi connectivity index (χ1n) is 5.60. The number of nitrogens with one attached hydrogen (secondary N) is 1. The third-order valence-corrected chi connectivity index (χ3v) is 3.03. The molecule has 0 atom stereocenters. The normalized spacial score (nSPS) is 18.4. The van der Waals surface area contributed by atoms with Crippen LogP contribution in [0.15, 0.2) is 24.3 Å². The molecular formula is C13H16N2O2. The summed E-state index contributed by atoms with van der Waals surface area (Å²) >= 11 is 0. The minimum atomic E-state index is -0.792. The molecule has 1 fully saturated rings. The quantitative estimate of drug-likeness (QED) is 0.791. The van der Waals surface area contributed by atoms with Crippen molar-refractivity contribution in [2.75, 3.05) is 0 Å². The molecule has 0 aromatic heterocycles. The molecule has 1 N–H and O–H groups in total. The summed E-state index contributed by atoms with van der Waals surface area (Å²) in [5, 5.41) is 2.67. The molecule has 0 radical (unpaired) electrons. The van der Waals surface area contributed by atoms with Gasteiger partial charge in [0.15, 0.2) is 0 Å². The summed E-state index contributed by atoms with van der Waals surface area (Å²) in [6.07, 6.45) is 0. The second-order valence-corrected chi connectivity index (χ2v) is 4.87. The van der Waals surface area contributed by atoms with Gasteiger partial charge in [-0.1, -0.05) is 24.3 Å². The van der Waals surface area contributed by atoms with Crippen LogP contribution in [-0.2, 0) is 11.3 Å². The Hall–Kier alpha value is -1.84. The smallest absolute Gasteiger partial charge is 0.324 e. The van der Waals surface area contributed by atoms with Gasteiger partial charge in [-0.15, -0.1) is 0 Å². The third-order valence-electron chi connectivity index (χ3n) is 3.03. The van der Waals surface area contributed by atoms with Crippen LogP contribution in [0.2, 0.25) is 0 Å². The van der Waals surface area contributed by atoms with Gasteiger partial charge in [0.05, 0.1) is 6.54 Å². The van der Waals surface area contributed by atoms with Gasteiger partial charge in [0.25, 0.3) is 5.91 Å². The number of amides is 3. The van der Waals surface area contributed by atoms with Crippen LogP contribution in [0.5, 0.6) is 0 Å². The van der Waals surface area contributed by atoms with E-state index in [9.17, 15) is 9.59 Å². The fraction of sp³-hybridized carbons (Fsp3) is 0.385. The second-order valence-electron chi connectivity index (χ2n) is 4.87. The van der Waals surface area contributed by atoms with Crippen molar-refractivity contribution in [3.05, 3.63) is 35.4 Å². The van der Waals surface area contributed by atoms with Crippen molar-refractivity contribution in [2.24, 2.45) is 0 Å². The molecule has 17 heavy (non-hydrogen) atoms. The maximum atomic E-state index is 12.0. The first kappa shape index (κ1) is 11.6. The number of rotatable bonds is 2. The summed E-state index contributed by atoms with van der Waals surface area (Å²) in [6, 6.07) is 7.43. The Kier molecular flexibility index (Phi) is 2.65. The summed E-state index contributed by atoms with van der Waals surface area (Å²) in [6.45, 7) is 5.73. The largest absolute Gasteiger partial charge is 0.325 e. The minimum Gasteiger partial charge on any atom is -0.324 e. The number of aryl methyl sites for hydroxylation is 1. The Morgan fingerprint density at radius 2 is 1.88 bits per heavy atom. The number of hydrogen-bond acceptors (Lipinski definition) is 2. The number of benzene rings is 1. The van der Waals surface area contributed by atoms with E-state index in [1.54, 1.807) is 13.8 Å². The van der Waals surface area contributed by atoms with Gasteiger partial charge >= 0.3 is 6.03 Å². The van der Waals surface area contributed by atoms with Crippen molar-refractivity contribution in [1.82, 2.24) is 10.2 Å². The molecule has 0 saturated carbocycles. The van der Waals surface area contributed by atoms with Crippen molar-refractivity contribution >= 4 is 11.9 Å². The van der Waals surface area contributed by atoms with Crippen molar-refractivity contribution in [3.8, 4) is 0 Å². The summed E-state index contributed by atoms with van der Waals surface area (Å²) < 4.78 is 0. The molecule has 1 aromatic rings. The highest BCUT2D eigenvalue weighted by Crippen LogP contribution is 2.20. The average Bonchev–Trinajstić information content (AvgIpc) is 2.43. The summed E-state index contributed by atoms with van der Waals surface area (Å²) in [4.78, 5) is 25.0. The molecule has 0 unspecified atom stereocenters. The highest BCUT2D eigenvalue weighted by atomic mass is 16.2. The molecule has 0 bridgehead atoms. The van der Waals surface area contributed by atoms with Gasteiger partial charge in [-0.25, -0.2) is 4.79 Å². The van der Waals surface area contributed by atoms with E-state index in [2.05, 4.69) is 5.32 Å². The molecule has 1 heterocycles. The SMILES string of the molecule is Cc1ccccc1CN1C(=O)NC(C)(C)C1=O. The molecule has 90 valence electrons. The van der Waals surface area contributed by atoms with Crippen LogP contribution in [0.1, 0.15) is 25.0 Å². The number of urea groups is 1. The lowest BCUT2D eigenvalue weighted by Gasteiger charge is -2.16. The van der Waals surface area contributed by atoms with Crippen LogP contribution in [0.25, 0.3) is 0 Å². The number of imide groups is 1. The van der Waals surface area contributed by atoms with E-state index in [0.29, 0.717) is 6.54 Å². The molecule has 0 spiro atoms. The van der Waals surface area contributed by atoms with Crippen molar-refractivity contribution in [1.29, 1.82) is 0 Å². The van der Waals surface area contributed by atoms with E-state index >= 15 is 0 Å². The zero-order valence-electron chi connectivity index (χ0n) is 10.3. The summed E-state index contributed by atoms with van der Waals surface area (Å²) in [5.74, 6) is -0.175. The standard InChI is InChI=1S/C13H16N2O2/c1-9-6-4-5-7-10(9)8-15-11(16)13(2,3)14-12(15)17/h4-7H,8H2,1-3H3,(H,14,17). The van der Waals surface area contributed by atoms with Gasteiger partial charge < -0.3 is 5.32 Å². The molecule has 1 saturated heterocycles. The average molecular weight is 232 g/mol. The molecule has 4 nitrogen and oxygen atoms in total. The first-order chi connectivity index (χ1) is 7.92. The molecule has 0 aliphatic carbocycles. The Balaban J connectivity index is 2.23. The van der Waals surface area contributed by atoms with E-state index in [1.165, 1.54) is 4.90 Å². The molecule has 3 amide bonds. The fourth-order valence-electron chi connectivity index (χ4n) is 1.92. The van der Waals surface area contributed by atoms with Crippen LogP contribution in [0.3, 0.4) is 0 Å². The minimum absolute atomic E-state index is 0.175. The topological polar surface area (TPSA) is 49.4 Å². The summed E-state index contributed by atoms with van der Waals surface area (Å²) in [7, 11) is 0. The molecule has 1 aliphatic heterocycles. The van der Waals surface area contributed by atoms with Gasteiger partial charge in [-0.05, 0) is 31.9 Å². The van der Waals surface area contributed by atoms with E-state index < -0.39 is 5.54 Å². The molecule has 2 rings (SSSR count). The van der Waals surface area contributed by atoms with Gasteiger partial charge in [-0.3, -0.25) is 9.69 Å². The van der Waals surface area contributed by atoms with Crippen LogP contribution in [-0.4, -0.2) is 22.4 Å². The van der Waals surface area contributed by atoms with Crippen LogP contribution >= 0.6 is 0 Å². The van der Waals surface area contributed by atoms with Crippen LogP contribution in [0, 0.1) is 6.92 Å². The molecule has 4 heteroatoms. The van der Waals surface area contributed by atoms with Gasteiger partial charge in [0.2, 0.25) is 0 Å². The summed E-state index contributed by atoms with van der Waals surface area (Å²) in [5.41, 5.74) is 1.28. The Bertz CT molecular complexity index is 480. The molecule has 1 aliphatic rings. The monoisotopic (exact) mass is 232 g/mol. The Morgan fingerprint density at radius 3 is 2.41 bits per heavy atom. The Labute approximate surface area is 101 Å². The third kappa shape index (κ3) is 2.02. The molecule has 1 aromatic carbocycles. The van der Waals surface area contributed by atoms with E-state index in [1.807, 2.05) is 31.2 Å². The van der Waals surface area contributed by atoms with E-state index in [-0.39, 0.29) is 11.9 Å². The maximum absolute atomic E-state index is 12.0. The van der Waals surface area contributed by atoms with Crippen molar-refractivity contribution in [2.45, 2.75) is 32.9 Å². The lowest BCUT2D eigenvalue weighted by Crippen LogP contribution is -2.40. The highest BCUT2D eigenvalue weighted by Gasteiger charge is 2.44. The van der Waals surface area contributed by atoms with Gasteiger partial charge in [0.1, 0.15) is 5.54 Å². The Morgan fingerprint density at radius 1 is 1.24 bits per heavy atom. The van der Waals surface area contributed by atoms with E-state index in [4.69, 9.17) is 0 Å². The van der Waals surface area contributed by atoms with E-state index in [0.717, 1.165) is 11.1 Å². The highest BCUT2D eigenvalue weighted by molar-refractivity contribution is 6.06. The fourth-order valence-corrected chi connectivity index (χ4v) is 1.92. The number of nitrogens with zero attached hydrogens (tertiary/aromatic N) is 1. The maximum Gasteiger partial charge on any atom is 0.325 e. The zero-order valence-corrected chi connectivity index (χ0v) is 10.3. The zero-order chi connectivity index (χ0) is 12.6. The number of carbonyl (C=O) groups excluding carboxylic acids is 2. The van der Waals surface area contributed by atoms with Gasteiger partial charge in [0, 0.05) is 0 Å². The van der Waals surface area contributed by atoms with Crippen molar-refractivity contribution in [3.63, 3.8) is 0 Å². The van der Waals surface area contributed by atoms with Crippen molar-refractivity contribution < 1.29 is 9.59 Å². The first-order valence-corrected chi connectivity index (χ1v) is 5.60. The lowest BCUT2D eigenvalue weighted by molar-refractivity contribution is -0.130. The van der Waals surface area contributed by atoms with Gasteiger partial charge in [-0.2, -0.15) is 0 Å². The number of hydrogen-bond donors (Lipinski definition) is 1. The second kappa shape index (κ2) is 3.87.